The molecule has 0 bridgehead atoms. The summed E-state index contributed by atoms with van der Waals surface area (Å²) < 4.78 is 0. The molecule has 122 valence electrons. The predicted molar refractivity (Wildman–Crippen MR) is 101 cm³/mol. The van der Waals surface area contributed by atoms with Crippen molar-refractivity contribution in [1.82, 2.24) is 10.3 Å². The summed E-state index contributed by atoms with van der Waals surface area (Å²) in [5.74, 6) is 0. The van der Waals surface area contributed by atoms with Gasteiger partial charge in [0.1, 0.15) is 0 Å². The lowest BCUT2D eigenvalue weighted by Gasteiger charge is -2.14. The molecule has 2 heterocycles. The van der Waals surface area contributed by atoms with E-state index in [2.05, 4.69) is 65.2 Å². The molecule has 3 aromatic rings. The molecule has 0 amide bonds. The number of hydrogen-bond acceptors (Lipinski definition) is 3. The van der Waals surface area contributed by atoms with E-state index in [-0.39, 0.29) is 0 Å². The average Bonchev–Trinajstić information content (AvgIpc) is 3.16. The maximum absolute atomic E-state index is 4.84. The van der Waals surface area contributed by atoms with E-state index in [0.29, 0.717) is 6.04 Å². The fourth-order valence-electron chi connectivity index (χ4n) is 3.46. The highest BCUT2D eigenvalue weighted by Crippen LogP contribution is 2.28. The van der Waals surface area contributed by atoms with Crippen LogP contribution in [0.2, 0.25) is 0 Å². The van der Waals surface area contributed by atoms with Crippen molar-refractivity contribution in [2.24, 2.45) is 0 Å². The number of benzene rings is 2. The zero-order valence-electron chi connectivity index (χ0n) is 13.8. The fraction of sp³-hybridized carbons (Fsp3) is 0.286. The third-order valence-corrected chi connectivity index (χ3v) is 4.76. The van der Waals surface area contributed by atoms with Crippen LogP contribution in [-0.2, 0) is 0 Å². The fourth-order valence-corrected chi connectivity index (χ4v) is 3.46. The Morgan fingerprint density at radius 1 is 1.04 bits per heavy atom. The zero-order valence-corrected chi connectivity index (χ0v) is 13.8. The Morgan fingerprint density at radius 2 is 1.88 bits per heavy atom. The van der Waals surface area contributed by atoms with Crippen molar-refractivity contribution >= 4 is 16.6 Å². The number of aromatic nitrogens is 1. The number of nitrogens with one attached hydrogen (secondary N) is 2. The number of para-hydroxylation sites is 1. The molecule has 1 unspecified atom stereocenters. The van der Waals surface area contributed by atoms with Gasteiger partial charge in [-0.1, -0.05) is 48.5 Å². The summed E-state index contributed by atoms with van der Waals surface area (Å²) in [5.41, 5.74) is 4.40. The number of anilines is 1. The van der Waals surface area contributed by atoms with Gasteiger partial charge in [0.2, 0.25) is 0 Å². The average molecular weight is 317 g/mol. The van der Waals surface area contributed by atoms with Crippen molar-refractivity contribution in [3.05, 3.63) is 60.7 Å². The second-order valence-electron chi connectivity index (χ2n) is 6.45. The Labute approximate surface area is 143 Å². The van der Waals surface area contributed by atoms with E-state index in [9.17, 15) is 0 Å². The molecule has 3 nitrogen and oxygen atoms in total. The van der Waals surface area contributed by atoms with E-state index < -0.39 is 0 Å². The Balaban J connectivity index is 1.62. The third-order valence-electron chi connectivity index (χ3n) is 4.76. The van der Waals surface area contributed by atoms with Gasteiger partial charge in [-0.2, -0.15) is 0 Å². The highest BCUT2D eigenvalue weighted by molar-refractivity contribution is 5.93. The van der Waals surface area contributed by atoms with E-state index in [1.165, 1.54) is 30.5 Å². The molecule has 4 rings (SSSR count). The van der Waals surface area contributed by atoms with E-state index >= 15 is 0 Å². The first kappa shape index (κ1) is 15.2. The summed E-state index contributed by atoms with van der Waals surface area (Å²) in [6.45, 7) is 2.15. The normalized spacial score (nSPS) is 17.2. The molecule has 0 aliphatic carbocycles. The maximum atomic E-state index is 4.84. The van der Waals surface area contributed by atoms with Crippen LogP contribution in [-0.4, -0.2) is 24.1 Å². The monoisotopic (exact) mass is 317 g/mol. The van der Waals surface area contributed by atoms with E-state index in [1.807, 2.05) is 6.07 Å². The van der Waals surface area contributed by atoms with E-state index in [4.69, 9.17) is 4.98 Å². The SMILES string of the molecule is c1ccc(-c2cc(NCCC3CCCN3)c3ccccc3n2)cc1. The minimum Gasteiger partial charge on any atom is -0.384 e. The maximum Gasteiger partial charge on any atom is 0.0730 e. The Morgan fingerprint density at radius 3 is 2.71 bits per heavy atom. The number of fused-ring (bicyclic) bond motifs is 1. The van der Waals surface area contributed by atoms with Crippen LogP contribution in [0.25, 0.3) is 22.2 Å². The second-order valence-corrected chi connectivity index (χ2v) is 6.45. The summed E-state index contributed by atoms with van der Waals surface area (Å²) in [4.78, 5) is 4.84. The molecule has 2 aromatic carbocycles. The van der Waals surface area contributed by atoms with Crippen molar-refractivity contribution in [3.8, 4) is 11.3 Å². The van der Waals surface area contributed by atoms with Gasteiger partial charge in [0, 0.05) is 29.2 Å². The van der Waals surface area contributed by atoms with Gasteiger partial charge in [-0.25, -0.2) is 4.98 Å². The van der Waals surface area contributed by atoms with Crippen molar-refractivity contribution in [3.63, 3.8) is 0 Å². The Bertz CT molecular complexity index is 808. The summed E-state index contributed by atoms with van der Waals surface area (Å²) >= 11 is 0. The Hall–Kier alpha value is -2.39. The summed E-state index contributed by atoms with van der Waals surface area (Å²) in [6.07, 6.45) is 3.77. The summed E-state index contributed by atoms with van der Waals surface area (Å²) in [5, 5.41) is 8.40. The number of pyridine rings is 1. The van der Waals surface area contributed by atoms with Crippen LogP contribution in [0.1, 0.15) is 19.3 Å². The highest BCUT2D eigenvalue weighted by Gasteiger charge is 2.13. The van der Waals surface area contributed by atoms with Crippen LogP contribution in [0.5, 0.6) is 0 Å². The van der Waals surface area contributed by atoms with Crippen molar-refractivity contribution in [1.29, 1.82) is 0 Å². The molecule has 3 heteroatoms. The molecular weight excluding hydrogens is 294 g/mol. The smallest absolute Gasteiger partial charge is 0.0730 e. The van der Waals surface area contributed by atoms with Gasteiger partial charge in [0.05, 0.1) is 11.2 Å². The first-order chi connectivity index (χ1) is 11.9. The minimum atomic E-state index is 0.666. The molecule has 1 aromatic heterocycles. The second kappa shape index (κ2) is 7.02. The standard InChI is InChI=1S/C21H23N3/c1-2-7-16(8-3-1)20-15-21(18-10-4-5-11-19(18)24-20)23-14-12-17-9-6-13-22-17/h1-5,7-8,10-11,15,17,22H,6,9,12-14H2,(H,23,24). The van der Waals surface area contributed by atoms with Gasteiger partial charge in [-0.15, -0.1) is 0 Å². The van der Waals surface area contributed by atoms with Gasteiger partial charge < -0.3 is 10.6 Å². The van der Waals surface area contributed by atoms with Crippen LogP contribution in [0.15, 0.2) is 60.7 Å². The van der Waals surface area contributed by atoms with Crippen LogP contribution in [0.3, 0.4) is 0 Å². The van der Waals surface area contributed by atoms with Crippen LogP contribution in [0, 0.1) is 0 Å². The number of rotatable bonds is 5. The van der Waals surface area contributed by atoms with E-state index in [0.717, 1.165) is 29.7 Å². The zero-order chi connectivity index (χ0) is 16.2. The molecule has 1 aliphatic heterocycles. The summed E-state index contributed by atoms with van der Waals surface area (Å²) in [7, 11) is 0. The lowest BCUT2D eigenvalue weighted by molar-refractivity contribution is 0.574. The molecule has 1 atom stereocenters. The predicted octanol–water partition coefficient (Wildman–Crippen LogP) is 4.46. The molecule has 0 saturated carbocycles. The molecular formula is C21H23N3. The molecule has 24 heavy (non-hydrogen) atoms. The number of hydrogen-bond donors (Lipinski definition) is 2. The van der Waals surface area contributed by atoms with Crippen molar-refractivity contribution < 1.29 is 0 Å². The van der Waals surface area contributed by atoms with Crippen LogP contribution < -0.4 is 10.6 Å². The molecule has 2 N–H and O–H groups in total. The Kier molecular flexibility index (Phi) is 4.43. The van der Waals surface area contributed by atoms with Gasteiger partial charge in [-0.3, -0.25) is 0 Å². The third kappa shape index (κ3) is 3.26. The molecule has 1 fully saturated rings. The van der Waals surface area contributed by atoms with Crippen molar-refractivity contribution in [2.45, 2.75) is 25.3 Å². The quantitative estimate of drug-likeness (QED) is 0.729. The molecule has 1 aliphatic rings. The topological polar surface area (TPSA) is 37.0 Å². The lowest BCUT2D eigenvalue weighted by atomic mass is 10.1. The van der Waals surface area contributed by atoms with E-state index in [1.54, 1.807) is 0 Å². The van der Waals surface area contributed by atoms with Crippen LogP contribution in [0.4, 0.5) is 5.69 Å². The summed E-state index contributed by atoms with van der Waals surface area (Å²) in [6, 6.07) is 21.6. The first-order valence-electron chi connectivity index (χ1n) is 8.82. The molecule has 0 radical (unpaired) electrons. The molecule has 0 spiro atoms. The van der Waals surface area contributed by atoms with Gasteiger partial charge in [0.25, 0.3) is 0 Å². The van der Waals surface area contributed by atoms with Crippen LogP contribution >= 0.6 is 0 Å². The van der Waals surface area contributed by atoms with Crippen molar-refractivity contribution in [2.75, 3.05) is 18.4 Å². The lowest BCUT2D eigenvalue weighted by Crippen LogP contribution is -2.24. The largest absolute Gasteiger partial charge is 0.384 e. The van der Waals surface area contributed by atoms with Gasteiger partial charge in [0.15, 0.2) is 0 Å². The molecule has 1 saturated heterocycles. The number of nitrogens with zero attached hydrogens (tertiary/aromatic N) is 1. The minimum absolute atomic E-state index is 0.666. The first-order valence-corrected chi connectivity index (χ1v) is 8.82. The van der Waals surface area contributed by atoms with Gasteiger partial charge in [-0.05, 0) is 37.9 Å². The highest BCUT2D eigenvalue weighted by atomic mass is 15.0. The van der Waals surface area contributed by atoms with Gasteiger partial charge >= 0.3 is 0 Å².